The van der Waals surface area contributed by atoms with E-state index >= 15 is 0 Å². The summed E-state index contributed by atoms with van der Waals surface area (Å²) in [6, 6.07) is 5.12. The predicted molar refractivity (Wildman–Crippen MR) is 109 cm³/mol. The Labute approximate surface area is 177 Å². The van der Waals surface area contributed by atoms with Crippen molar-refractivity contribution in [2.45, 2.75) is 33.1 Å². The van der Waals surface area contributed by atoms with E-state index in [1.807, 2.05) is 0 Å². The van der Waals surface area contributed by atoms with Crippen molar-refractivity contribution in [1.82, 2.24) is 0 Å². The van der Waals surface area contributed by atoms with Gasteiger partial charge in [-0.25, -0.2) is 0 Å². The average Bonchev–Trinajstić information content (AvgIpc) is 2.75. The summed E-state index contributed by atoms with van der Waals surface area (Å²) in [6.07, 6.45) is 3.14. The van der Waals surface area contributed by atoms with Crippen LogP contribution in [0.3, 0.4) is 0 Å². The van der Waals surface area contributed by atoms with Gasteiger partial charge in [0.1, 0.15) is 11.5 Å². The molecule has 0 bridgehead atoms. The molecule has 0 saturated heterocycles. The van der Waals surface area contributed by atoms with Crippen LogP contribution in [0.1, 0.15) is 32.3 Å². The number of ether oxygens (including phenoxy) is 5. The van der Waals surface area contributed by atoms with Crippen molar-refractivity contribution in [3.05, 3.63) is 35.9 Å². The van der Waals surface area contributed by atoms with Gasteiger partial charge in [-0.15, -0.1) is 0 Å². The molecule has 0 unspecified atom stereocenters. The molecular weight excluding hydrogens is 392 g/mol. The van der Waals surface area contributed by atoms with Gasteiger partial charge in [-0.05, 0) is 44.4 Å². The molecule has 8 heteroatoms. The smallest absolute Gasteiger partial charge is 0.324 e. The van der Waals surface area contributed by atoms with E-state index in [1.54, 1.807) is 44.2 Å². The number of rotatable bonds is 12. The molecule has 0 aliphatic heterocycles. The van der Waals surface area contributed by atoms with Crippen LogP contribution in [0.5, 0.6) is 11.5 Å². The highest BCUT2D eigenvalue weighted by atomic mass is 16.6. The monoisotopic (exact) mass is 422 g/mol. The Kier molecular flexibility index (Phi) is 10.4. The van der Waals surface area contributed by atoms with Gasteiger partial charge in [-0.2, -0.15) is 0 Å². The van der Waals surface area contributed by atoms with Crippen LogP contribution >= 0.6 is 0 Å². The summed E-state index contributed by atoms with van der Waals surface area (Å²) in [5.74, 6) is -0.790. The van der Waals surface area contributed by atoms with Crippen LogP contribution in [0.15, 0.2) is 30.4 Å². The third-order valence-corrected chi connectivity index (χ3v) is 4.39. The van der Waals surface area contributed by atoms with Crippen LogP contribution in [-0.2, 0) is 35.0 Å². The molecule has 0 aromatic heterocycles. The maximum Gasteiger partial charge on any atom is 0.324 e. The van der Waals surface area contributed by atoms with Crippen molar-refractivity contribution in [2.75, 3.05) is 34.5 Å². The second-order valence-corrected chi connectivity index (χ2v) is 6.38. The predicted octanol–water partition coefficient (Wildman–Crippen LogP) is 2.87. The van der Waals surface area contributed by atoms with Crippen molar-refractivity contribution >= 4 is 17.9 Å². The van der Waals surface area contributed by atoms with Crippen LogP contribution in [0.2, 0.25) is 0 Å². The first-order valence-corrected chi connectivity index (χ1v) is 9.65. The highest BCUT2D eigenvalue weighted by Crippen LogP contribution is 2.34. The van der Waals surface area contributed by atoms with Crippen molar-refractivity contribution in [1.29, 1.82) is 0 Å². The summed E-state index contributed by atoms with van der Waals surface area (Å²) < 4.78 is 25.6. The summed E-state index contributed by atoms with van der Waals surface area (Å²) >= 11 is 0. The Hall–Kier alpha value is -3.03. The molecule has 0 aliphatic rings. The zero-order valence-corrected chi connectivity index (χ0v) is 18.2. The van der Waals surface area contributed by atoms with Crippen LogP contribution in [0.4, 0.5) is 0 Å². The first kappa shape index (κ1) is 25.0. The van der Waals surface area contributed by atoms with Gasteiger partial charge in [0, 0.05) is 6.07 Å². The SMILES string of the molecule is CCOC(=O)C(C/C=C/CC(=O)OC)(Cc1cc(OC)cc(OC)c1)C(=O)OCC. The molecule has 0 amide bonds. The fourth-order valence-corrected chi connectivity index (χ4v) is 2.87. The molecule has 0 radical (unpaired) electrons. The van der Waals surface area contributed by atoms with E-state index in [4.69, 9.17) is 18.9 Å². The summed E-state index contributed by atoms with van der Waals surface area (Å²) in [5.41, 5.74) is -0.996. The molecule has 1 aromatic carbocycles. The molecule has 1 aromatic rings. The lowest BCUT2D eigenvalue weighted by molar-refractivity contribution is -0.172. The van der Waals surface area contributed by atoms with Gasteiger partial charge in [0.2, 0.25) is 0 Å². The average molecular weight is 422 g/mol. The Bertz CT molecular complexity index is 713. The third kappa shape index (κ3) is 6.79. The van der Waals surface area contributed by atoms with Crippen molar-refractivity contribution < 1.29 is 38.1 Å². The van der Waals surface area contributed by atoms with Crippen LogP contribution < -0.4 is 9.47 Å². The molecule has 0 N–H and O–H groups in total. The van der Waals surface area contributed by atoms with E-state index in [0.29, 0.717) is 17.1 Å². The number of hydrogen-bond acceptors (Lipinski definition) is 8. The minimum absolute atomic E-state index is 0.000785. The summed E-state index contributed by atoms with van der Waals surface area (Å²) in [7, 11) is 4.31. The van der Waals surface area contributed by atoms with Gasteiger partial charge in [-0.1, -0.05) is 12.2 Å². The van der Waals surface area contributed by atoms with E-state index < -0.39 is 23.3 Å². The van der Waals surface area contributed by atoms with Gasteiger partial charge in [0.25, 0.3) is 0 Å². The molecule has 1 rings (SSSR count). The highest BCUT2D eigenvalue weighted by Gasteiger charge is 2.48. The number of carbonyl (C=O) groups excluding carboxylic acids is 3. The first-order chi connectivity index (χ1) is 14.4. The molecule has 8 nitrogen and oxygen atoms in total. The Morgan fingerprint density at radius 3 is 1.83 bits per heavy atom. The van der Waals surface area contributed by atoms with Crippen molar-refractivity contribution in [3.63, 3.8) is 0 Å². The topological polar surface area (TPSA) is 97.4 Å². The molecule has 30 heavy (non-hydrogen) atoms. The first-order valence-electron chi connectivity index (χ1n) is 9.65. The minimum atomic E-state index is -1.63. The molecule has 0 saturated carbocycles. The fourth-order valence-electron chi connectivity index (χ4n) is 2.87. The van der Waals surface area contributed by atoms with Crippen LogP contribution in [0.25, 0.3) is 0 Å². The van der Waals surface area contributed by atoms with Crippen LogP contribution in [-0.4, -0.2) is 52.5 Å². The number of carbonyl (C=O) groups is 3. The van der Waals surface area contributed by atoms with E-state index in [-0.39, 0.29) is 32.5 Å². The van der Waals surface area contributed by atoms with Gasteiger partial charge in [0.15, 0.2) is 5.41 Å². The lowest BCUT2D eigenvalue weighted by atomic mass is 9.78. The molecule has 166 valence electrons. The molecule has 0 aliphatic carbocycles. The number of esters is 3. The van der Waals surface area contributed by atoms with Gasteiger partial charge in [0.05, 0.1) is 41.0 Å². The number of benzene rings is 1. The normalized spacial score (nSPS) is 11.1. The number of hydrogen-bond donors (Lipinski definition) is 0. The summed E-state index contributed by atoms with van der Waals surface area (Å²) in [4.78, 5) is 37.3. The van der Waals surface area contributed by atoms with E-state index in [2.05, 4.69) is 4.74 Å². The second kappa shape index (κ2) is 12.5. The minimum Gasteiger partial charge on any atom is -0.497 e. The Morgan fingerprint density at radius 2 is 1.40 bits per heavy atom. The summed E-state index contributed by atoms with van der Waals surface area (Å²) in [6.45, 7) is 3.53. The van der Waals surface area contributed by atoms with Gasteiger partial charge >= 0.3 is 17.9 Å². The zero-order valence-electron chi connectivity index (χ0n) is 18.2. The molecule has 0 heterocycles. The summed E-state index contributed by atoms with van der Waals surface area (Å²) in [5, 5.41) is 0. The largest absolute Gasteiger partial charge is 0.497 e. The maximum atomic E-state index is 13.0. The zero-order chi connectivity index (χ0) is 22.6. The van der Waals surface area contributed by atoms with E-state index in [0.717, 1.165) is 0 Å². The lowest BCUT2D eigenvalue weighted by Gasteiger charge is -2.28. The standard InChI is InChI=1S/C22H30O8/c1-6-29-20(24)22(21(25)30-7-2,11-9-8-10-19(23)28-5)15-16-12-17(26-3)14-18(13-16)27-4/h8-9,12-14H,6-7,10-11,15H2,1-5H3/b9-8+. The van der Waals surface area contributed by atoms with Crippen LogP contribution in [0, 0.1) is 5.41 Å². The van der Waals surface area contributed by atoms with E-state index in [9.17, 15) is 14.4 Å². The van der Waals surface area contributed by atoms with Gasteiger partial charge < -0.3 is 23.7 Å². The molecule has 0 atom stereocenters. The quantitative estimate of drug-likeness (QED) is 0.220. The van der Waals surface area contributed by atoms with Crippen molar-refractivity contribution in [2.24, 2.45) is 5.41 Å². The molecular formula is C22H30O8. The number of methoxy groups -OCH3 is 3. The maximum absolute atomic E-state index is 13.0. The highest BCUT2D eigenvalue weighted by molar-refractivity contribution is 6.00. The lowest BCUT2D eigenvalue weighted by Crippen LogP contribution is -2.43. The Balaban J connectivity index is 3.39. The van der Waals surface area contributed by atoms with Crippen molar-refractivity contribution in [3.8, 4) is 11.5 Å². The molecule has 0 fully saturated rings. The van der Waals surface area contributed by atoms with E-state index in [1.165, 1.54) is 21.3 Å². The van der Waals surface area contributed by atoms with Gasteiger partial charge in [-0.3, -0.25) is 14.4 Å². The second-order valence-electron chi connectivity index (χ2n) is 6.38. The number of allylic oxidation sites excluding steroid dienone is 1. The third-order valence-electron chi connectivity index (χ3n) is 4.39. The molecule has 0 spiro atoms. The fraction of sp³-hybridized carbons (Fsp3) is 0.500. The Morgan fingerprint density at radius 1 is 0.867 bits per heavy atom.